The van der Waals surface area contributed by atoms with Crippen LogP contribution in [0.5, 0.6) is 0 Å². The SMILES string of the molecule is CC(C)OP(=O)(CS(=O)(=O)CC[C@H]1O[C@@H](N2CCC(N)=NC2=O)[C@H](O[Si](C)(C)C(C)(C)C)[C@@H]1O[Si](C)(C)C(C)(C)C)OC(C)C. The fourth-order valence-electron chi connectivity index (χ4n) is 4.63. The molecular weight excluding hydrogens is 654 g/mol. The summed E-state index contributed by atoms with van der Waals surface area (Å²) in [5, 5.41) is -0.332. The minimum absolute atomic E-state index is 0.0340. The molecule has 2 rings (SSSR count). The van der Waals surface area contributed by atoms with Crippen molar-refractivity contribution in [3.05, 3.63) is 0 Å². The van der Waals surface area contributed by atoms with E-state index in [0.717, 1.165) is 0 Å². The number of ether oxygens (including phenoxy) is 1. The van der Waals surface area contributed by atoms with Crippen molar-refractivity contribution >= 4 is 45.9 Å². The maximum Gasteiger partial charge on any atom is 0.347 e. The number of rotatable bonds is 14. The number of sulfone groups is 1. The van der Waals surface area contributed by atoms with Crippen LogP contribution in [0, 0.1) is 0 Å². The van der Waals surface area contributed by atoms with Crippen molar-refractivity contribution in [2.24, 2.45) is 10.7 Å². The molecule has 2 N–H and O–H groups in total. The van der Waals surface area contributed by atoms with Gasteiger partial charge in [-0.15, -0.1) is 0 Å². The number of carbonyl (C=O) groups is 1. The lowest BCUT2D eigenvalue weighted by atomic mass is 10.1. The Morgan fingerprint density at radius 3 is 1.84 bits per heavy atom. The second kappa shape index (κ2) is 14.5. The van der Waals surface area contributed by atoms with Crippen LogP contribution >= 0.6 is 7.60 Å². The Morgan fingerprint density at radius 2 is 1.42 bits per heavy atom. The molecule has 1 saturated heterocycles. The average Bonchev–Trinajstić information content (AvgIpc) is 3.10. The van der Waals surface area contributed by atoms with Crippen molar-refractivity contribution in [2.45, 2.75) is 155 Å². The number of nitrogens with two attached hydrogens (primary N) is 1. The highest BCUT2D eigenvalue weighted by Crippen LogP contribution is 2.52. The van der Waals surface area contributed by atoms with E-state index in [2.05, 4.69) is 72.7 Å². The number of aliphatic imine (C=N–C) groups is 1. The second-order valence-corrected chi connectivity index (χ2v) is 29.9. The summed E-state index contributed by atoms with van der Waals surface area (Å²) in [6, 6.07) is -0.524. The van der Waals surface area contributed by atoms with E-state index in [9.17, 15) is 17.8 Å². The van der Waals surface area contributed by atoms with Gasteiger partial charge in [0.1, 0.15) is 18.0 Å². The van der Waals surface area contributed by atoms with Crippen molar-refractivity contribution in [3.63, 3.8) is 0 Å². The van der Waals surface area contributed by atoms with E-state index in [1.165, 1.54) is 4.90 Å². The molecule has 0 unspecified atom stereocenters. The number of nitrogens with zero attached hydrogens (tertiary/aromatic N) is 2. The summed E-state index contributed by atoms with van der Waals surface area (Å²) in [7, 11) is -12.8. The quantitative estimate of drug-likeness (QED) is 0.156. The Morgan fingerprint density at radius 1 is 0.956 bits per heavy atom. The van der Waals surface area contributed by atoms with Gasteiger partial charge in [-0.05, 0) is 70.4 Å². The zero-order valence-corrected chi connectivity index (χ0v) is 33.7. The average molecular weight is 714 g/mol. The van der Waals surface area contributed by atoms with E-state index in [1.807, 2.05) is 0 Å². The number of hydrogen-bond donors (Lipinski definition) is 1. The summed E-state index contributed by atoms with van der Waals surface area (Å²) < 4.78 is 72.1. The Hall–Kier alpha value is -0.646. The van der Waals surface area contributed by atoms with Crippen molar-refractivity contribution in [1.29, 1.82) is 0 Å². The number of hydrogen-bond acceptors (Lipinski definition) is 10. The van der Waals surface area contributed by atoms with Gasteiger partial charge in [0, 0.05) is 13.0 Å². The van der Waals surface area contributed by atoms with Crippen LogP contribution in [0.3, 0.4) is 0 Å². The van der Waals surface area contributed by atoms with Gasteiger partial charge in [-0.25, -0.2) is 13.2 Å². The summed E-state index contributed by atoms with van der Waals surface area (Å²) in [6.45, 7) is 28.3. The molecule has 0 aromatic carbocycles. The van der Waals surface area contributed by atoms with E-state index < -0.39 is 82.3 Å². The molecule has 45 heavy (non-hydrogen) atoms. The zero-order valence-electron chi connectivity index (χ0n) is 30.0. The highest BCUT2D eigenvalue weighted by Gasteiger charge is 2.56. The van der Waals surface area contributed by atoms with Crippen LogP contribution in [-0.4, -0.2) is 96.4 Å². The Bertz CT molecular complexity index is 1220. The molecule has 1 fully saturated rings. The van der Waals surface area contributed by atoms with Crippen molar-refractivity contribution in [2.75, 3.05) is 17.8 Å². The number of urea groups is 1. The van der Waals surface area contributed by atoms with Crippen LogP contribution in [0.4, 0.5) is 4.79 Å². The summed E-state index contributed by atoms with van der Waals surface area (Å²) in [4.78, 5) is 18.7. The molecule has 0 bridgehead atoms. The molecule has 12 nitrogen and oxygen atoms in total. The fourth-order valence-corrected chi connectivity index (χ4v) is 12.1. The number of carbonyl (C=O) groups excluding carboxylic acids is 1. The van der Waals surface area contributed by atoms with Gasteiger partial charge in [-0.1, -0.05) is 41.5 Å². The van der Waals surface area contributed by atoms with Crippen molar-refractivity contribution < 1.29 is 40.4 Å². The Balaban J connectivity index is 2.55. The van der Waals surface area contributed by atoms with Gasteiger partial charge in [-0.2, -0.15) is 4.99 Å². The predicted molar refractivity (Wildman–Crippen MR) is 184 cm³/mol. The van der Waals surface area contributed by atoms with Gasteiger partial charge >= 0.3 is 13.6 Å². The van der Waals surface area contributed by atoms with Crippen molar-refractivity contribution in [1.82, 2.24) is 4.90 Å². The topological polar surface area (TPSA) is 156 Å². The highest BCUT2D eigenvalue weighted by atomic mass is 32.2. The van der Waals surface area contributed by atoms with E-state index in [4.69, 9.17) is 28.4 Å². The maximum atomic E-state index is 13.5. The van der Waals surface area contributed by atoms with Gasteiger partial charge < -0.3 is 28.4 Å². The monoisotopic (exact) mass is 713 g/mol. The van der Waals surface area contributed by atoms with Gasteiger partial charge in [0.2, 0.25) is 0 Å². The lowest BCUT2D eigenvalue weighted by Gasteiger charge is -2.45. The first kappa shape index (κ1) is 40.5. The van der Waals surface area contributed by atoms with Crippen LogP contribution in [0.2, 0.25) is 36.3 Å². The summed E-state index contributed by atoms with van der Waals surface area (Å²) in [6.07, 6.45) is -3.51. The smallest absolute Gasteiger partial charge is 0.347 e. The molecule has 0 spiro atoms. The summed E-state index contributed by atoms with van der Waals surface area (Å²) >= 11 is 0. The van der Waals surface area contributed by atoms with E-state index in [-0.39, 0.29) is 34.6 Å². The molecule has 2 aliphatic heterocycles. The zero-order chi connectivity index (χ0) is 35.0. The van der Waals surface area contributed by atoms with E-state index >= 15 is 0 Å². The van der Waals surface area contributed by atoms with E-state index in [0.29, 0.717) is 6.42 Å². The third-order valence-corrected chi connectivity index (χ3v) is 23.1. The van der Waals surface area contributed by atoms with Gasteiger partial charge in [-0.3, -0.25) is 9.46 Å². The molecule has 264 valence electrons. The molecule has 2 heterocycles. The lowest BCUT2D eigenvalue weighted by molar-refractivity contribution is -0.0651. The molecule has 0 saturated carbocycles. The molecule has 2 aliphatic rings. The van der Waals surface area contributed by atoms with Crippen LogP contribution in [-0.2, 0) is 37.0 Å². The molecule has 0 aliphatic carbocycles. The second-order valence-electron chi connectivity index (χ2n) is 15.9. The molecule has 2 amide bonds. The largest absolute Gasteiger partial charge is 0.408 e. The lowest BCUT2D eigenvalue weighted by Crippen LogP contribution is -2.57. The van der Waals surface area contributed by atoms with Crippen LogP contribution in [0.25, 0.3) is 0 Å². The summed E-state index contributed by atoms with van der Waals surface area (Å²) in [5.41, 5.74) is 5.13. The molecule has 16 heteroatoms. The minimum Gasteiger partial charge on any atom is -0.408 e. The first-order valence-corrected chi connectivity index (χ1v) is 25.3. The third kappa shape index (κ3) is 10.9. The number of amidine groups is 1. The molecule has 0 radical (unpaired) electrons. The van der Waals surface area contributed by atoms with Crippen LogP contribution in [0.15, 0.2) is 4.99 Å². The standard InChI is InChI=1S/C29H60N3O9PSSi2/c1-20(2)38-42(34,39-21(3)4)19-43(35,36)18-16-22-24(40-44(11,12)28(5,6)7)25(41-45(13,14)29(8,9)10)26(37-22)32-17-15-23(30)31-27(32)33/h20-22,24-26H,15-19H2,1-14H3,(H2,30,31,33)/t22-,24-,25-,26-/m1/s1. The van der Waals surface area contributed by atoms with Gasteiger partial charge in [0.15, 0.2) is 38.2 Å². The Labute approximate surface area is 274 Å². The minimum atomic E-state index is -3.94. The van der Waals surface area contributed by atoms with Gasteiger partial charge in [0.25, 0.3) is 0 Å². The molecule has 4 atom stereocenters. The first-order valence-electron chi connectivity index (χ1n) is 15.9. The first-order chi connectivity index (χ1) is 20.1. The van der Waals surface area contributed by atoms with E-state index in [1.54, 1.807) is 27.7 Å². The van der Waals surface area contributed by atoms with Crippen LogP contribution in [0.1, 0.15) is 82.1 Å². The normalized spacial score (nSPS) is 24.6. The number of amides is 2. The molecule has 0 aromatic rings. The summed E-state index contributed by atoms with van der Waals surface area (Å²) in [5.74, 6) is -0.0926. The van der Waals surface area contributed by atoms with Gasteiger partial charge in [0.05, 0.1) is 24.1 Å². The third-order valence-electron chi connectivity index (χ3n) is 8.97. The maximum absolute atomic E-state index is 13.5. The highest BCUT2D eigenvalue weighted by molar-refractivity contribution is 7.97. The molecule has 0 aromatic heterocycles. The van der Waals surface area contributed by atoms with Crippen LogP contribution < -0.4 is 5.73 Å². The van der Waals surface area contributed by atoms with Crippen molar-refractivity contribution in [3.8, 4) is 0 Å². The predicted octanol–water partition coefficient (Wildman–Crippen LogP) is 6.48. The fraction of sp³-hybridized carbons (Fsp3) is 0.931. The Kier molecular flexibility index (Phi) is 13.0. The molecular formula is C29H60N3O9PSSi2.